The fourth-order valence-corrected chi connectivity index (χ4v) is 4.55. The second-order valence-corrected chi connectivity index (χ2v) is 8.60. The van der Waals surface area contributed by atoms with Crippen LogP contribution in [0.5, 0.6) is 0 Å². The van der Waals surface area contributed by atoms with E-state index in [1.165, 1.54) is 17.4 Å². The van der Waals surface area contributed by atoms with Crippen LogP contribution in [0.3, 0.4) is 0 Å². The van der Waals surface area contributed by atoms with Crippen LogP contribution >= 0.6 is 23.1 Å². The average Bonchev–Trinajstić information content (AvgIpc) is 3.18. The van der Waals surface area contributed by atoms with Crippen molar-refractivity contribution in [1.82, 2.24) is 9.97 Å². The average molecular weight is 424 g/mol. The van der Waals surface area contributed by atoms with Gasteiger partial charge in [-0.05, 0) is 54.3 Å². The van der Waals surface area contributed by atoms with Gasteiger partial charge in [0, 0.05) is 16.7 Å². The zero-order valence-corrected chi connectivity index (χ0v) is 17.3. The van der Waals surface area contributed by atoms with Crippen molar-refractivity contribution in [2.45, 2.75) is 18.4 Å². The number of thioether (sulfide) groups is 1. The van der Waals surface area contributed by atoms with Crippen LogP contribution in [0.15, 0.2) is 71.8 Å². The summed E-state index contributed by atoms with van der Waals surface area (Å²) in [6, 6.07) is 17.9. The maximum atomic E-state index is 14.2. The molecule has 146 valence electrons. The van der Waals surface area contributed by atoms with Crippen LogP contribution in [0.1, 0.15) is 23.0 Å². The summed E-state index contributed by atoms with van der Waals surface area (Å²) in [5.41, 5.74) is 1.57. The van der Waals surface area contributed by atoms with Crippen molar-refractivity contribution in [2.24, 2.45) is 0 Å². The molecule has 0 unspecified atom stereocenters. The second-order valence-electron chi connectivity index (χ2n) is 6.25. The number of para-hydroxylation sites is 1. The van der Waals surface area contributed by atoms with Crippen LogP contribution in [0, 0.1) is 5.82 Å². The fourth-order valence-electron chi connectivity index (χ4n) is 2.91. The summed E-state index contributed by atoms with van der Waals surface area (Å²) < 4.78 is 14.9. The monoisotopic (exact) mass is 423 g/mol. The minimum atomic E-state index is -0.392. The molecule has 0 saturated heterocycles. The molecule has 0 N–H and O–H groups in total. The Morgan fingerprint density at radius 1 is 1.10 bits per heavy atom. The normalized spacial score (nSPS) is 11.0. The lowest BCUT2D eigenvalue weighted by atomic mass is 10.2. The van der Waals surface area contributed by atoms with Gasteiger partial charge in [-0.1, -0.05) is 30.4 Å². The molecular formula is C22H18FN3OS2. The van der Waals surface area contributed by atoms with Gasteiger partial charge in [-0.25, -0.2) is 9.37 Å². The molecule has 0 aliphatic heterocycles. The van der Waals surface area contributed by atoms with Gasteiger partial charge in [0.05, 0.1) is 16.9 Å². The number of thiazole rings is 1. The molecule has 0 spiro atoms. The Morgan fingerprint density at radius 2 is 1.93 bits per heavy atom. The number of aromatic nitrogens is 2. The first kappa shape index (κ1) is 19.5. The Labute approximate surface area is 176 Å². The molecule has 1 amide bonds. The Balaban J connectivity index is 1.72. The predicted octanol–water partition coefficient (Wildman–Crippen LogP) is 5.79. The minimum Gasteiger partial charge on any atom is -0.278 e. The van der Waals surface area contributed by atoms with E-state index in [4.69, 9.17) is 0 Å². The van der Waals surface area contributed by atoms with E-state index in [0.29, 0.717) is 15.4 Å². The van der Waals surface area contributed by atoms with Crippen molar-refractivity contribution >= 4 is 44.4 Å². The van der Waals surface area contributed by atoms with Crippen LogP contribution in [0.25, 0.3) is 10.2 Å². The van der Waals surface area contributed by atoms with Crippen molar-refractivity contribution in [1.29, 1.82) is 0 Å². The number of hydrogen-bond acceptors (Lipinski definition) is 5. The lowest BCUT2D eigenvalue weighted by molar-refractivity contribution is 0.0984. The summed E-state index contributed by atoms with van der Waals surface area (Å²) in [6.45, 7) is 2.34. The highest BCUT2D eigenvalue weighted by Gasteiger charge is 2.23. The van der Waals surface area contributed by atoms with Crippen LogP contribution in [-0.2, 0) is 6.54 Å². The summed E-state index contributed by atoms with van der Waals surface area (Å²) in [6.07, 6.45) is 1.69. The molecule has 2 heterocycles. The number of amides is 1. The molecule has 0 aliphatic carbocycles. The van der Waals surface area contributed by atoms with Gasteiger partial charge in [0.25, 0.3) is 5.91 Å². The molecule has 0 fully saturated rings. The molecule has 2 aromatic carbocycles. The number of benzene rings is 2. The predicted molar refractivity (Wildman–Crippen MR) is 117 cm³/mol. The third-order valence-corrected chi connectivity index (χ3v) is 6.23. The molecule has 4 nitrogen and oxygen atoms in total. The zero-order chi connectivity index (χ0) is 20.2. The smallest absolute Gasteiger partial charge is 0.260 e. The number of rotatable bonds is 6. The van der Waals surface area contributed by atoms with Gasteiger partial charge in [-0.15, -0.1) is 11.8 Å². The zero-order valence-electron chi connectivity index (χ0n) is 15.7. The number of carbonyl (C=O) groups excluding carboxylic acids is 1. The molecule has 7 heteroatoms. The van der Waals surface area contributed by atoms with E-state index in [2.05, 4.69) is 16.9 Å². The van der Waals surface area contributed by atoms with E-state index in [9.17, 15) is 9.18 Å². The molecule has 4 aromatic rings. The third-order valence-electron chi connectivity index (χ3n) is 4.29. The van der Waals surface area contributed by atoms with Gasteiger partial charge in [0.1, 0.15) is 11.3 Å². The first-order valence-corrected chi connectivity index (χ1v) is 11.0. The van der Waals surface area contributed by atoms with Crippen LogP contribution in [0.2, 0.25) is 0 Å². The van der Waals surface area contributed by atoms with Crippen LogP contribution < -0.4 is 4.90 Å². The summed E-state index contributed by atoms with van der Waals surface area (Å²) in [5.74, 6) is 0.385. The van der Waals surface area contributed by atoms with E-state index < -0.39 is 5.82 Å². The second kappa shape index (κ2) is 8.71. The Bertz CT molecular complexity index is 1130. The van der Waals surface area contributed by atoms with E-state index in [0.717, 1.165) is 16.3 Å². The number of carbonyl (C=O) groups is 1. The van der Waals surface area contributed by atoms with E-state index >= 15 is 0 Å². The highest BCUT2D eigenvalue weighted by molar-refractivity contribution is 7.99. The molecular weight excluding hydrogens is 405 g/mol. The highest BCUT2D eigenvalue weighted by atomic mass is 32.2. The topological polar surface area (TPSA) is 46.1 Å². The number of halogens is 1. The van der Waals surface area contributed by atoms with Crippen LogP contribution in [-0.4, -0.2) is 21.6 Å². The van der Waals surface area contributed by atoms with Gasteiger partial charge in [0.2, 0.25) is 0 Å². The molecule has 0 atom stereocenters. The third kappa shape index (κ3) is 4.31. The fraction of sp³-hybridized carbons (Fsp3) is 0.136. The van der Waals surface area contributed by atoms with Gasteiger partial charge in [-0.2, -0.15) is 0 Å². The van der Waals surface area contributed by atoms with Gasteiger partial charge < -0.3 is 0 Å². The Morgan fingerprint density at radius 3 is 2.62 bits per heavy atom. The molecule has 4 rings (SSSR count). The van der Waals surface area contributed by atoms with Crippen LogP contribution in [0.4, 0.5) is 9.52 Å². The van der Waals surface area contributed by atoms with E-state index in [1.54, 1.807) is 35.0 Å². The standard InChI is InChI=1S/C22H18FN3OS2/c1-2-28-17-11-9-15(10-12-17)21(27)26(14-16-6-3-4-13-24-16)22-25-20-18(23)7-5-8-19(20)29-22/h3-13H,2,14H2,1H3. The lowest BCUT2D eigenvalue weighted by Crippen LogP contribution is -2.30. The van der Waals surface area contributed by atoms with Gasteiger partial charge in [-0.3, -0.25) is 14.7 Å². The number of anilines is 1. The number of hydrogen-bond donors (Lipinski definition) is 0. The SMILES string of the molecule is CCSc1ccc(C(=O)N(Cc2ccccn2)c2nc3c(F)cccc3s2)cc1. The first-order chi connectivity index (χ1) is 14.2. The lowest BCUT2D eigenvalue weighted by Gasteiger charge is -2.19. The van der Waals surface area contributed by atoms with Crippen molar-refractivity contribution < 1.29 is 9.18 Å². The maximum absolute atomic E-state index is 14.2. The quantitative estimate of drug-likeness (QED) is 0.368. The molecule has 0 radical (unpaired) electrons. The van der Waals surface area contributed by atoms with Crippen molar-refractivity contribution in [3.8, 4) is 0 Å². The molecule has 0 saturated carbocycles. The van der Waals surface area contributed by atoms with E-state index in [-0.39, 0.29) is 18.0 Å². The molecule has 0 aliphatic rings. The Hall–Kier alpha value is -2.77. The molecule has 2 aromatic heterocycles. The van der Waals surface area contributed by atoms with Gasteiger partial charge >= 0.3 is 0 Å². The largest absolute Gasteiger partial charge is 0.278 e. The summed E-state index contributed by atoms with van der Waals surface area (Å²) in [7, 11) is 0. The van der Waals surface area contributed by atoms with Gasteiger partial charge in [0.15, 0.2) is 5.13 Å². The van der Waals surface area contributed by atoms with E-state index in [1.807, 2.05) is 42.5 Å². The first-order valence-electron chi connectivity index (χ1n) is 9.15. The van der Waals surface area contributed by atoms with Crippen molar-refractivity contribution in [2.75, 3.05) is 10.7 Å². The Kier molecular flexibility index (Phi) is 5.87. The summed E-state index contributed by atoms with van der Waals surface area (Å²) in [4.78, 5) is 24.8. The molecule has 29 heavy (non-hydrogen) atoms. The number of nitrogens with zero attached hydrogens (tertiary/aromatic N) is 3. The van der Waals surface area contributed by atoms with Crippen molar-refractivity contribution in [3.05, 3.63) is 83.9 Å². The minimum absolute atomic E-state index is 0.192. The highest BCUT2D eigenvalue weighted by Crippen LogP contribution is 2.32. The maximum Gasteiger partial charge on any atom is 0.260 e. The number of pyridine rings is 1. The van der Waals surface area contributed by atoms with Crippen molar-refractivity contribution in [3.63, 3.8) is 0 Å². The number of fused-ring (bicyclic) bond motifs is 1. The summed E-state index contributed by atoms with van der Waals surface area (Å²) in [5, 5.41) is 0.452. The molecule has 0 bridgehead atoms. The summed E-state index contributed by atoms with van der Waals surface area (Å²) >= 11 is 3.02.